The Morgan fingerprint density at radius 1 is 1.14 bits per heavy atom. The maximum absolute atomic E-state index is 12.5. The summed E-state index contributed by atoms with van der Waals surface area (Å²) in [5, 5.41) is 5.72. The fourth-order valence-corrected chi connectivity index (χ4v) is 3.31. The van der Waals surface area contributed by atoms with Crippen LogP contribution in [0.2, 0.25) is 0 Å². The lowest BCUT2D eigenvalue weighted by Gasteiger charge is -2.34. The van der Waals surface area contributed by atoms with Crippen LogP contribution in [0, 0.1) is 13.8 Å². The van der Waals surface area contributed by atoms with E-state index in [1.54, 1.807) is 23.6 Å². The third-order valence-electron chi connectivity index (χ3n) is 3.83. The number of carbonyl (C=O) groups is 2. The molecule has 2 amide bonds. The first-order valence-corrected chi connectivity index (χ1v) is 8.01. The molecule has 22 heavy (non-hydrogen) atoms. The Morgan fingerprint density at radius 3 is 2.27 bits per heavy atom. The molecule has 0 bridgehead atoms. The zero-order chi connectivity index (χ0) is 15.7. The van der Waals surface area contributed by atoms with Crippen LogP contribution in [0.5, 0.6) is 0 Å². The highest BCUT2D eigenvalue weighted by Crippen LogP contribution is 2.18. The third kappa shape index (κ3) is 2.64. The first-order valence-electron chi connectivity index (χ1n) is 7.13. The summed E-state index contributed by atoms with van der Waals surface area (Å²) < 4.78 is 5.05. The van der Waals surface area contributed by atoms with Crippen molar-refractivity contribution < 1.29 is 14.1 Å². The Hall–Kier alpha value is -2.15. The van der Waals surface area contributed by atoms with E-state index in [2.05, 4.69) is 5.16 Å². The number of aryl methyl sites for hydroxylation is 2. The molecule has 3 heterocycles. The van der Waals surface area contributed by atoms with Crippen LogP contribution in [-0.4, -0.2) is 52.9 Å². The van der Waals surface area contributed by atoms with Crippen molar-refractivity contribution >= 4 is 23.2 Å². The van der Waals surface area contributed by atoms with Gasteiger partial charge in [0.05, 0.1) is 10.6 Å². The molecule has 3 rings (SSSR count). The highest BCUT2D eigenvalue weighted by Gasteiger charge is 2.28. The van der Waals surface area contributed by atoms with Gasteiger partial charge in [0.1, 0.15) is 11.3 Å². The van der Waals surface area contributed by atoms with Gasteiger partial charge in [-0.05, 0) is 25.3 Å². The summed E-state index contributed by atoms with van der Waals surface area (Å²) >= 11 is 1.44. The number of hydrogen-bond donors (Lipinski definition) is 0. The van der Waals surface area contributed by atoms with Gasteiger partial charge >= 0.3 is 0 Å². The summed E-state index contributed by atoms with van der Waals surface area (Å²) in [5.41, 5.74) is 1.15. The van der Waals surface area contributed by atoms with Crippen molar-refractivity contribution in [1.82, 2.24) is 15.0 Å². The third-order valence-corrected chi connectivity index (χ3v) is 4.69. The van der Waals surface area contributed by atoms with Gasteiger partial charge < -0.3 is 14.3 Å². The van der Waals surface area contributed by atoms with Gasteiger partial charge in [0.25, 0.3) is 11.8 Å². The Labute approximate surface area is 132 Å². The second kappa shape index (κ2) is 5.92. The van der Waals surface area contributed by atoms with Crippen molar-refractivity contribution in [3.63, 3.8) is 0 Å². The minimum absolute atomic E-state index is 0.0411. The topological polar surface area (TPSA) is 66.7 Å². The molecule has 0 unspecified atom stereocenters. The zero-order valence-electron chi connectivity index (χ0n) is 12.5. The van der Waals surface area contributed by atoms with Gasteiger partial charge in [0.2, 0.25) is 0 Å². The number of nitrogens with zero attached hydrogens (tertiary/aromatic N) is 3. The maximum atomic E-state index is 12.5. The lowest BCUT2D eigenvalue weighted by Crippen LogP contribution is -2.50. The summed E-state index contributed by atoms with van der Waals surface area (Å²) in [5.74, 6) is 0.513. The van der Waals surface area contributed by atoms with Crippen molar-refractivity contribution in [1.29, 1.82) is 0 Å². The van der Waals surface area contributed by atoms with Crippen molar-refractivity contribution in [2.24, 2.45) is 0 Å². The Morgan fingerprint density at radius 2 is 1.77 bits per heavy atom. The summed E-state index contributed by atoms with van der Waals surface area (Å²) in [6.07, 6.45) is 0. The molecule has 0 aliphatic carbocycles. The predicted molar refractivity (Wildman–Crippen MR) is 82.1 cm³/mol. The second-order valence-electron chi connectivity index (χ2n) is 5.26. The number of amides is 2. The molecular weight excluding hydrogens is 302 g/mol. The number of rotatable bonds is 2. The van der Waals surface area contributed by atoms with Crippen LogP contribution in [0.25, 0.3) is 0 Å². The fraction of sp³-hybridized carbons (Fsp3) is 0.400. The average molecular weight is 319 g/mol. The molecule has 2 aromatic heterocycles. The van der Waals surface area contributed by atoms with Gasteiger partial charge in [-0.25, -0.2) is 0 Å². The normalized spacial score (nSPS) is 15.2. The maximum Gasteiger partial charge on any atom is 0.264 e. The van der Waals surface area contributed by atoms with Crippen LogP contribution in [0.1, 0.15) is 31.5 Å². The van der Waals surface area contributed by atoms with Crippen LogP contribution in [0.4, 0.5) is 0 Å². The van der Waals surface area contributed by atoms with Crippen molar-refractivity contribution in [2.75, 3.05) is 26.2 Å². The van der Waals surface area contributed by atoms with Gasteiger partial charge in [0, 0.05) is 26.2 Å². The lowest BCUT2D eigenvalue weighted by molar-refractivity contribution is 0.0536. The van der Waals surface area contributed by atoms with Crippen molar-refractivity contribution in [2.45, 2.75) is 13.8 Å². The molecule has 7 heteroatoms. The molecule has 1 aliphatic heterocycles. The molecule has 1 aliphatic rings. The van der Waals surface area contributed by atoms with E-state index < -0.39 is 0 Å². The van der Waals surface area contributed by atoms with E-state index in [4.69, 9.17) is 4.52 Å². The molecule has 2 aromatic rings. The van der Waals surface area contributed by atoms with Gasteiger partial charge in [-0.3, -0.25) is 9.59 Å². The molecule has 6 nitrogen and oxygen atoms in total. The van der Waals surface area contributed by atoms with E-state index >= 15 is 0 Å². The van der Waals surface area contributed by atoms with Crippen LogP contribution in [-0.2, 0) is 0 Å². The Balaban J connectivity index is 1.65. The van der Waals surface area contributed by atoms with E-state index in [1.807, 2.05) is 17.5 Å². The summed E-state index contributed by atoms with van der Waals surface area (Å²) in [6.45, 7) is 5.65. The van der Waals surface area contributed by atoms with Crippen LogP contribution in [0.15, 0.2) is 22.0 Å². The average Bonchev–Trinajstić information content (AvgIpc) is 3.17. The van der Waals surface area contributed by atoms with Crippen molar-refractivity contribution in [3.05, 3.63) is 39.4 Å². The van der Waals surface area contributed by atoms with E-state index in [1.165, 1.54) is 11.3 Å². The monoisotopic (exact) mass is 319 g/mol. The standard InChI is InChI=1S/C15H17N3O3S/c1-10-13(11(2)21-16-10)15(20)18-7-5-17(6-8-18)14(19)12-4-3-9-22-12/h3-4,9H,5-8H2,1-2H3. The number of aromatic nitrogens is 1. The van der Waals surface area contributed by atoms with E-state index in [9.17, 15) is 9.59 Å². The number of carbonyl (C=O) groups excluding carboxylic acids is 2. The molecule has 0 aromatic carbocycles. The smallest absolute Gasteiger partial charge is 0.264 e. The summed E-state index contributed by atoms with van der Waals surface area (Å²) in [4.78, 5) is 29.1. The number of piperazine rings is 1. The zero-order valence-corrected chi connectivity index (χ0v) is 13.4. The summed E-state index contributed by atoms with van der Waals surface area (Å²) in [7, 11) is 0. The molecule has 0 radical (unpaired) electrons. The molecule has 1 saturated heterocycles. The van der Waals surface area contributed by atoms with E-state index in [0.29, 0.717) is 43.2 Å². The molecule has 0 spiro atoms. The van der Waals surface area contributed by atoms with Crippen LogP contribution >= 0.6 is 11.3 Å². The Bertz CT molecular complexity index is 665. The summed E-state index contributed by atoms with van der Waals surface area (Å²) in [6, 6.07) is 3.70. The number of hydrogen-bond acceptors (Lipinski definition) is 5. The molecular formula is C15H17N3O3S. The van der Waals surface area contributed by atoms with Crippen LogP contribution in [0.3, 0.4) is 0 Å². The van der Waals surface area contributed by atoms with Crippen molar-refractivity contribution in [3.8, 4) is 0 Å². The fourth-order valence-electron chi connectivity index (χ4n) is 2.62. The van der Waals surface area contributed by atoms with Gasteiger partial charge in [0.15, 0.2) is 0 Å². The van der Waals surface area contributed by atoms with E-state index in [-0.39, 0.29) is 11.8 Å². The van der Waals surface area contributed by atoms with E-state index in [0.717, 1.165) is 4.88 Å². The molecule has 0 atom stereocenters. The molecule has 116 valence electrons. The largest absolute Gasteiger partial charge is 0.361 e. The van der Waals surface area contributed by atoms with Gasteiger partial charge in [-0.2, -0.15) is 0 Å². The highest BCUT2D eigenvalue weighted by molar-refractivity contribution is 7.12. The quantitative estimate of drug-likeness (QED) is 0.848. The highest BCUT2D eigenvalue weighted by atomic mass is 32.1. The second-order valence-corrected chi connectivity index (χ2v) is 6.21. The molecule has 1 fully saturated rings. The first kappa shape index (κ1) is 14.8. The van der Waals surface area contributed by atoms with Crippen LogP contribution < -0.4 is 0 Å². The predicted octanol–water partition coefficient (Wildman–Crippen LogP) is 1.95. The Kier molecular flexibility index (Phi) is 3.98. The molecule has 0 saturated carbocycles. The minimum Gasteiger partial charge on any atom is -0.361 e. The number of thiophene rings is 1. The van der Waals surface area contributed by atoms with Gasteiger partial charge in [-0.15, -0.1) is 11.3 Å². The SMILES string of the molecule is Cc1noc(C)c1C(=O)N1CCN(C(=O)c2cccs2)CC1. The lowest BCUT2D eigenvalue weighted by atomic mass is 10.1. The molecule has 0 N–H and O–H groups in total. The first-order chi connectivity index (χ1) is 10.6. The van der Waals surface area contributed by atoms with Gasteiger partial charge in [-0.1, -0.05) is 11.2 Å². The minimum atomic E-state index is -0.0699.